The highest BCUT2D eigenvalue weighted by atomic mass is 16.6. The van der Waals surface area contributed by atoms with Gasteiger partial charge in [0.1, 0.15) is 17.8 Å². The molecule has 0 heterocycles. The van der Waals surface area contributed by atoms with E-state index in [-0.39, 0.29) is 6.54 Å². The molecule has 3 N–H and O–H groups in total. The van der Waals surface area contributed by atoms with Gasteiger partial charge in [-0.3, -0.25) is 0 Å². The van der Waals surface area contributed by atoms with E-state index in [1.54, 1.807) is 45.0 Å². The van der Waals surface area contributed by atoms with Gasteiger partial charge in [-0.25, -0.2) is 4.79 Å². The van der Waals surface area contributed by atoms with Gasteiger partial charge in [-0.1, -0.05) is 36.9 Å². The maximum atomic E-state index is 11.5. The normalized spacial score (nSPS) is 14.1. The van der Waals surface area contributed by atoms with Crippen LogP contribution in [-0.4, -0.2) is 34.6 Å². The van der Waals surface area contributed by atoms with E-state index >= 15 is 0 Å². The Kier molecular flexibility index (Phi) is 5.93. The van der Waals surface area contributed by atoms with Crippen LogP contribution in [0.1, 0.15) is 38.0 Å². The zero-order chi connectivity index (χ0) is 16.0. The van der Waals surface area contributed by atoms with Gasteiger partial charge in [0.2, 0.25) is 0 Å². The number of aliphatic hydroxyl groups is 2. The lowest BCUT2D eigenvalue weighted by Crippen LogP contribution is -2.39. The van der Waals surface area contributed by atoms with Crippen LogP contribution in [0.2, 0.25) is 0 Å². The summed E-state index contributed by atoms with van der Waals surface area (Å²) in [5.74, 6) is 0. The van der Waals surface area contributed by atoms with E-state index in [9.17, 15) is 15.0 Å². The number of nitrogens with one attached hydrogen (secondary N) is 1. The van der Waals surface area contributed by atoms with E-state index in [2.05, 4.69) is 11.9 Å². The monoisotopic (exact) mass is 293 g/mol. The number of benzene rings is 1. The van der Waals surface area contributed by atoms with Crippen molar-refractivity contribution in [2.45, 2.75) is 38.6 Å². The quantitative estimate of drug-likeness (QED) is 0.778. The van der Waals surface area contributed by atoms with Crippen molar-refractivity contribution in [3.63, 3.8) is 0 Å². The maximum absolute atomic E-state index is 11.5. The van der Waals surface area contributed by atoms with Gasteiger partial charge in [0.05, 0.1) is 0 Å². The molecule has 2 atom stereocenters. The van der Waals surface area contributed by atoms with E-state index in [0.29, 0.717) is 5.56 Å². The lowest BCUT2D eigenvalue weighted by Gasteiger charge is -2.23. The smallest absolute Gasteiger partial charge is 0.407 e. The molecule has 1 amide bonds. The molecule has 0 aliphatic heterocycles. The van der Waals surface area contributed by atoms with Crippen molar-refractivity contribution in [2.24, 2.45) is 0 Å². The Morgan fingerprint density at radius 3 is 2.57 bits per heavy atom. The number of hydrogen-bond acceptors (Lipinski definition) is 4. The van der Waals surface area contributed by atoms with Crippen molar-refractivity contribution in [1.82, 2.24) is 5.32 Å². The first-order valence-electron chi connectivity index (χ1n) is 6.79. The van der Waals surface area contributed by atoms with Crippen molar-refractivity contribution in [3.8, 4) is 0 Å². The second kappa shape index (κ2) is 7.24. The lowest BCUT2D eigenvalue weighted by atomic mass is 9.98. The largest absolute Gasteiger partial charge is 0.444 e. The molecule has 0 spiro atoms. The molecular formula is C16H23NO4. The second-order valence-electron chi connectivity index (χ2n) is 5.73. The summed E-state index contributed by atoms with van der Waals surface area (Å²) < 4.78 is 5.06. The Labute approximate surface area is 125 Å². The third-order valence-corrected chi connectivity index (χ3v) is 2.75. The van der Waals surface area contributed by atoms with Crippen LogP contribution >= 0.6 is 0 Å². The molecular weight excluding hydrogens is 270 g/mol. The molecule has 1 rings (SSSR count). The molecule has 0 bridgehead atoms. The average molecular weight is 293 g/mol. The van der Waals surface area contributed by atoms with Crippen molar-refractivity contribution in [1.29, 1.82) is 0 Å². The molecule has 0 aliphatic rings. The van der Waals surface area contributed by atoms with E-state index in [0.717, 1.165) is 5.56 Å². The van der Waals surface area contributed by atoms with Gasteiger partial charge < -0.3 is 20.3 Å². The third-order valence-electron chi connectivity index (χ3n) is 2.75. The minimum atomic E-state index is -1.14. The lowest BCUT2D eigenvalue weighted by molar-refractivity contribution is 0.0128. The minimum absolute atomic E-state index is 0.110. The first kappa shape index (κ1) is 17.2. The van der Waals surface area contributed by atoms with Gasteiger partial charge >= 0.3 is 6.09 Å². The Morgan fingerprint density at radius 2 is 2.00 bits per heavy atom. The Morgan fingerprint density at radius 1 is 1.38 bits per heavy atom. The Hall–Kier alpha value is -1.85. The van der Waals surface area contributed by atoms with Gasteiger partial charge in [-0.05, 0) is 31.9 Å². The number of alkyl carbamates (subject to hydrolysis) is 1. The number of aliphatic hydroxyl groups excluding tert-OH is 2. The van der Waals surface area contributed by atoms with E-state index in [4.69, 9.17) is 4.74 Å². The molecule has 0 saturated carbocycles. The fraction of sp³-hybridized carbons (Fsp3) is 0.438. The summed E-state index contributed by atoms with van der Waals surface area (Å²) >= 11 is 0. The molecule has 116 valence electrons. The van der Waals surface area contributed by atoms with Crippen LogP contribution in [0.15, 0.2) is 30.8 Å². The zero-order valence-corrected chi connectivity index (χ0v) is 12.7. The van der Waals surface area contributed by atoms with E-state index in [1.807, 2.05) is 6.07 Å². The minimum Gasteiger partial charge on any atom is -0.444 e. The van der Waals surface area contributed by atoms with Crippen LogP contribution < -0.4 is 5.32 Å². The molecule has 1 aromatic carbocycles. The summed E-state index contributed by atoms with van der Waals surface area (Å²) in [4.78, 5) is 11.5. The van der Waals surface area contributed by atoms with Gasteiger partial charge in [-0.15, -0.1) is 0 Å². The highest BCUT2D eigenvalue weighted by Gasteiger charge is 2.22. The maximum Gasteiger partial charge on any atom is 0.407 e. The number of carbonyl (C=O) groups is 1. The molecule has 0 fully saturated rings. The molecule has 0 saturated heterocycles. The fourth-order valence-corrected chi connectivity index (χ4v) is 1.79. The van der Waals surface area contributed by atoms with Crippen LogP contribution in [0, 0.1) is 0 Å². The standard InChI is InChI=1S/C16H23NO4/c1-5-11-8-6-7-9-12(11)14(19)13(18)10-17-15(20)21-16(2,3)4/h5-9,13-14,18-19H,1,10H2,2-4H3,(H,17,20). The Balaban J connectivity index is 2.61. The van der Waals surface area contributed by atoms with Gasteiger partial charge in [0, 0.05) is 6.54 Å². The number of hydrogen-bond donors (Lipinski definition) is 3. The molecule has 0 aliphatic carbocycles. The van der Waals surface area contributed by atoms with Crippen molar-refractivity contribution < 1.29 is 19.7 Å². The van der Waals surface area contributed by atoms with Crippen LogP contribution in [0.5, 0.6) is 0 Å². The van der Waals surface area contributed by atoms with Crippen molar-refractivity contribution in [2.75, 3.05) is 6.54 Å². The average Bonchev–Trinajstić information content (AvgIpc) is 2.42. The summed E-state index contributed by atoms with van der Waals surface area (Å²) in [6.45, 7) is 8.80. The number of rotatable bonds is 5. The molecule has 0 radical (unpaired) electrons. The molecule has 1 aromatic rings. The summed E-state index contributed by atoms with van der Waals surface area (Å²) in [7, 11) is 0. The topological polar surface area (TPSA) is 78.8 Å². The first-order chi connectivity index (χ1) is 9.74. The van der Waals surface area contributed by atoms with Crippen molar-refractivity contribution >= 4 is 12.2 Å². The summed E-state index contributed by atoms with van der Waals surface area (Å²) in [6, 6.07) is 7.08. The van der Waals surface area contributed by atoms with Crippen LogP contribution in [0.4, 0.5) is 4.79 Å². The van der Waals surface area contributed by atoms with Crippen LogP contribution in [0.25, 0.3) is 6.08 Å². The molecule has 2 unspecified atom stereocenters. The van der Waals surface area contributed by atoms with Crippen LogP contribution in [0.3, 0.4) is 0 Å². The van der Waals surface area contributed by atoms with Crippen molar-refractivity contribution in [3.05, 3.63) is 42.0 Å². The van der Waals surface area contributed by atoms with E-state index < -0.39 is 23.9 Å². The molecule has 5 nitrogen and oxygen atoms in total. The third kappa shape index (κ3) is 5.57. The predicted molar refractivity (Wildman–Crippen MR) is 81.7 cm³/mol. The second-order valence-corrected chi connectivity index (χ2v) is 5.73. The molecule has 5 heteroatoms. The first-order valence-corrected chi connectivity index (χ1v) is 6.79. The highest BCUT2D eigenvalue weighted by Crippen LogP contribution is 2.21. The molecule has 21 heavy (non-hydrogen) atoms. The van der Waals surface area contributed by atoms with Gasteiger partial charge in [-0.2, -0.15) is 0 Å². The summed E-state index contributed by atoms with van der Waals surface area (Å²) in [5.41, 5.74) is 0.690. The van der Waals surface area contributed by atoms with Gasteiger partial charge in [0.15, 0.2) is 0 Å². The van der Waals surface area contributed by atoms with Crippen LogP contribution in [-0.2, 0) is 4.74 Å². The highest BCUT2D eigenvalue weighted by molar-refractivity contribution is 5.67. The fourth-order valence-electron chi connectivity index (χ4n) is 1.79. The number of ether oxygens (including phenoxy) is 1. The summed E-state index contributed by atoms with van der Waals surface area (Å²) in [5, 5.41) is 22.6. The van der Waals surface area contributed by atoms with Gasteiger partial charge in [0.25, 0.3) is 0 Å². The SMILES string of the molecule is C=Cc1ccccc1C(O)C(O)CNC(=O)OC(C)(C)C. The number of carbonyl (C=O) groups excluding carboxylic acids is 1. The zero-order valence-electron chi connectivity index (χ0n) is 12.7. The number of amides is 1. The summed E-state index contributed by atoms with van der Waals surface area (Å²) in [6.07, 6.45) is -1.29. The predicted octanol–water partition coefficient (Wildman–Crippen LogP) is 2.25. The molecule has 0 aromatic heterocycles. The Bertz CT molecular complexity index is 493. The van der Waals surface area contributed by atoms with E-state index in [1.165, 1.54) is 0 Å².